The molecular weight excluding hydrogens is 388 g/mol. The molecule has 1 saturated carbocycles. The first kappa shape index (κ1) is 28.0. The summed E-state index contributed by atoms with van der Waals surface area (Å²) < 4.78 is 12.0. The van der Waals surface area contributed by atoms with E-state index in [4.69, 9.17) is 9.47 Å². The fourth-order valence-electron chi connectivity index (χ4n) is 4.91. The van der Waals surface area contributed by atoms with E-state index in [0.29, 0.717) is 36.0 Å². The van der Waals surface area contributed by atoms with Crippen molar-refractivity contribution < 1.29 is 19.1 Å². The third kappa shape index (κ3) is 10.9. The topological polar surface area (TPSA) is 52.6 Å². The molecule has 0 N–H and O–H groups in total. The highest BCUT2D eigenvalue weighted by molar-refractivity contribution is 5.82. The van der Waals surface area contributed by atoms with Crippen molar-refractivity contribution >= 4 is 11.9 Å². The van der Waals surface area contributed by atoms with E-state index in [1.807, 2.05) is 0 Å². The monoisotopic (exact) mass is 438 g/mol. The zero-order valence-corrected chi connectivity index (χ0v) is 21.8. The maximum absolute atomic E-state index is 13.2. The maximum Gasteiger partial charge on any atom is 0.310 e. The predicted octanol–water partition coefficient (Wildman–Crippen LogP) is 7.05. The Morgan fingerprint density at radius 2 is 1.00 bits per heavy atom. The summed E-state index contributed by atoms with van der Waals surface area (Å²) >= 11 is 0. The molecular formula is C27H50O4. The molecule has 31 heavy (non-hydrogen) atoms. The van der Waals surface area contributed by atoms with Gasteiger partial charge in [0.15, 0.2) is 0 Å². The average Bonchev–Trinajstić information content (AvgIpc) is 2.58. The first-order chi connectivity index (χ1) is 14.4. The van der Waals surface area contributed by atoms with Crippen LogP contribution in [0.2, 0.25) is 0 Å². The summed E-state index contributed by atoms with van der Waals surface area (Å²) in [5, 5.41) is 0. The van der Waals surface area contributed by atoms with Gasteiger partial charge in [-0.1, -0.05) is 62.3 Å². The SMILES string of the molecule is CC(C)CC(CC(C)C)OC(=O)C1CCC(C)CC1C(=O)OC(CC(C)C)CC(C)C. The van der Waals surface area contributed by atoms with Crippen LogP contribution in [0.15, 0.2) is 0 Å². The lowest BCUT2D eigenvalue weighted by Crippen LogP contribution is -2.40. The number of hydrogen-bond donors (Lipinski definition) is 0. The average molecular weight is 439 g/mol. The number of rotatable bonds is 12. The Labute approximate surface area is 192 Å². The van der Waals surface area contributed by atoms with Gasteiger partial charge in [-0.05, 0) is 74.5 Å². The van der Waals surface area contributed by atoms with Crippen LogP contribution in [0.25, 0.3) is 0 Å². The van der Waals surface area contributed by atoms with Gasteiger partial charge in [-0.2, -0.15) is 0 Å². The fourth-order valence-corrected chi connectivity index (χ4v) is 4.91. The molecule has 4 nitrogen and oxygen atoms in total. The molecule has 0 aromatic rings. The molecule has 0 saturated heterocycles. The first-order valence-corrected chi connectivity index (χ1v) is 12.8. The van der Waals surface area contributed by atoms with E-state index in [0.717, 1.165) is 38.5 Å². The summed E-state index contributed by atoms with van der Waals surface area (Å²) in [6, 6.07) is 0. The number of hydrogen-bond acceptors (Lipinski definition) is 4. The fraction of sp³-hybridized carbons (Fsp3) is 0.926. The molecule has 3 unspecified atom stereocenters. The van der Waals surface area contributed by atoms with E-state index in [1.54, 1.807) is 0 Å². The van der Waals surface area contributed by atoms with Crippen LogP contribution in [0, 0.1) is 41.4 Å². The van der Waals surface area contributed by atoms with Gasteiger partial charge < -0.3 is 9.47 Å². The predicted molar refractivity (Wildman–Crippen MR) is 128 cm³/mol. The van der Waals surface area contributed by atoms with Gasteiger partial charge in [0.25, 0.3) is 0 Å². The molecule has 3 atom stereocenters. The van der Waals surface area contributed by atoms with E-state index in [1.165, 1.54) is 0 Å². The van der Waals surface area contributed by atoms with Crippen molar-refractivity contribution in [1.29, 1.82) is 0 Å². The van der Waals surface area contributed by atoms with Crippen molar-refractivity contribution in [1.82, 2.24) is 0 Å². The van der Waals surface area contributed by atoms with Crippen LogP contribution in [-0.2, 0) is 19.1 Å². The lowest BCUT2D eigenvalue weighted by atomic mass is 9.74. The Morgan fingerprint density at radius 1 is 0.645 bits per heavy atom. The molecule has 0 aromatic carbocycles. The van der Waals surface area contributed by atoms with Crippen LogP contribution in [0.4, 0.5) is 0 Å². The maximum atomic E-state index is 13.2. The highest BCUT2D eigenvalue weighted by atomic mass is 16.6. The van der Waals surface area contributed by atoms with E-state index < -0.39 is 0 Å². The van der Waals surface area contributed by atoms with Gasteiger partial charge in [-0.15, -0.1) is 0 Å². The quantitative estimate of drug-likeness (QED) is 0.306. The Balaban J connectivity index is 2.91. The summed E-state index contributed by atoms with van der Waals surface area (Å²) in [4.78, 5) is 26.4. The summed E-state index contributed by atoms with van der Waals surface area (Å²) in [5.41, 5.74) is 0. The lowest BCUT2D eigenvalue weighted by Gasteiger charge is -2.34. The molecule has 0 heterocycles. The number of esters is 2. The molecule has 0 aromatic heterocycles. The zero-order chi connectivity index (χ0) is 23.7. The summed E-state index contributed by atoms with van der Waals surface area (Å²) in [6.07, 6.45) is 5.72. The van der Waals surface area contributed by atoms with Crippen LogP contribution >= 0.6 is 0 Å². The third-order valence-corrected chi connectivity index (χ3v) is 6.22. The van der Waals surface area contributed by atoms with E-state index in [2.05, 4.69) is 62.3 Å². The molecule has 182 valence electrons. The summed E-state index contributed by atoms with van der Waals surface area (Å²) in [5.74, 6) is 1.17. The molecule has 0 aliphatic heterocycles. The van der Waals surface area contributed by atoms with Crippen LogP contribution in [0.1, 0.15) is 107 Å². The van der Waals surface area contributed by atoms with Crippen molar-refractivity contribution in [2.75, 3.05) is 0 Å². The van der Waals surface area contributed by atoms with Gasteiger partial charge >= 0.3 is 11.9 Å². The molecule has 0 bridgehead atoms. The normalized spacial score (nSPS) is 22.2. The molecule has 1 rings (SSSR count). The number of carbonyl (C=O) groups excluding carboxylic acids is 2. The smallest absolute Gasteiger partial charge is 0.310 e. The summed E-state index contributed by atoms with van der Waals surface area (Å²) in [7, 11) is 0. The molecule has 1 aliphatic carbocycles. The van der Waals surface area contributed by atoms with Gasteiger partial charge in [-0.25, -0.2) is 0 Å². The minimum absolute atomic E-state index is 0.0712. The van der Waals surface area contributed by atoms with Gasteiger partial charge in [0.2, 0.25) is 0 Å². The van der Waals surface area contributed by atoms with Gasteiger partial charge in [0.1, 0.15) is 12.2 Å². The van der Waals surface area contributed by atoms with E-state index >= 15 is 0 Å². The third-order valence-electron chi connectivity index (χ3n) is 6.22. The van der Waals surface area contributed by atoms with Gasteiger partial charge in [0, 0.05) is 0 Å². The number of carbonyl (C=O) groups is 2. The van der Waals surface area contributed by atoms with Crippen LogP contribution in [0.3, 0.4) is 0 Å². The minimum Gasteiger partial charge on any atom is -0.462 e. The van der Waals surface area contributed by atoms with Crippen molar-refractivity contribution in [3.63, 3.8) is 0 Å². The van der Waals surface area contributed by atoms with Crippen molar-refractivity contribution in [3.05, 3.63) is 0 Å². The zero-order valence-electron chi connectivity index (χ0n) is 21.8. The second-order valence-corrected chi connectivity index (χ2v) is 11.8. The van der Waals surface area contributed by atoms with Crippen molar-refractivity contribution in [2.24, 2.45) is 41.4 Å². The first-order valence-electron chi connectivity index (χ1n) is 12.8. The van der Waals surface area contributed by atoms with Crippen molar-refractivity contribution in [3.8, 4) is 0 Å². The van der Waals surface area contributed by atoms with Gasteiger partial charge in [-0.3, -0.25) is 9.59 Å². The second-order valence-electron chi connectivity index (χ2n) is 11.8. The highest BCUT2D eigenvalue weighted by Crippen LogP contribution is 2.37. The lowest BCUT2D eigenvalue weighted by molar-refractivity contribution is -0.171. The second kappa shape index (κ2) is 13.5. The molecule has 0 radical (unpaired) electrons. The Bertz CT molecular complexity index is 517. The largest absolute Gasteiger partial charge is 0.462 e. The Kier molecular flexibility index (Phi) is 12.2. The minimum atomic E-state index is -0.378. The Hall–Kier alpha value is -1.06. The Morgan fingerprint density at radius 3 is 1.35 bits per heavy atom. The van der Waals surface area contributed by atoms with Crippen LogP contribution < -0.4 is 0 Å². The molecule has 1 fully saturated rings. The molecule has 0 spiro atoms. The van der Waals surface area contributed by atoms with Crippen molar-refractivity contribution in [2.45, 2.75) is 119 Å². The molecule has 0 amide bonds. The molecule has 1 aliphatic rings. The standard InChI is InChI=1S/C27H50O4/c1-17(2)12-22(13-18(3)4)30-26(28)24-11-10-21(9)16-25(24)27(29)31-23(14-19(5)6)15-20(7)8/h17-25H,10-16H2,1-9H3. The van der Waals surface area contributed by atoms with Gasteiger partial charge in [0.05, 0.1) is 11.8 Å². The van der Waals surface area contributed by atoms with Crippen LogP contribution in [-0.4, -0.2) is 24.1 Å². The van der Waals surface area contributed by atoms with E-state index in [9.17, 15) is 9.59 Å². The van der Waals surface area contributed by atoms with Crippen LogP contribution in [0.5, 0.6) is 0 Å². The number of ether oxygens (including phenoxy) is 2. The highest BCUT2D eigenvalue weighted by Gasteiger charge is 2.41. The summed E-state index contributed by atoms with van der Waals surface area (Å²) in [6.45, 7) is 19.4. The van der Waals surface area contributed by atoms with E-state index in [-0.39, 0.29) is 36.0 Å². The molecule has 4 heteroatoms.